The van der Waals surface area contributed by atoms with Crippen LogP contribution in [0.15, 0.2) is 5.51 Å². The molecule has 0 radical (unpaired) electrons. The number of aliphatic carboxylic acids is 1. The quantitative estimate of drug-likeness (QED) is 0.780. The minimum atomic E-state index is -0.778. The minimum absolute atomic E-state index is 0.502. The van der Waals surface area contributed by atoms with Gasteiger partial charge in [0.15, 0.2) is 5.82 Å². The molecule has 1 fully saturated rings. The SMILES string of the molecule is O=C(O)C1(c2ncsn2)CCCC1. The maximum atomic E-state index is 11.1. The highest BCUT2D eigenvalue weighted by atomic mass is 32.1. The molecule has 4 nitrogen and oxygen atoms in total. The summed E-state index contributed by atoms with van der Waals surface area (Å²) in [5.74, 6) is -0.272. The average Bonchev–Trinajstić information content (AvgIpc) is 2.75. The van der Waals surface area contributed by atoms with Crippen LogP contribution in [0.4, 0.5) is 0 Å². The lowest BCUT2D eigenvalue weighted by atomic mass is 9.85. The van der Waals surface area contributed by atoms with Crippen molar-refractivity contribution in [2.24, 2.45) is 0 Å². The fraction of sp³-hybridized carbons (Fsp3) is 0.625. The van der Waals surface area contributed by atoms with Crippen molar-refractivity contribution in [3.05, 3.63) is 11.3 Å². The van der Waals surface area contributed by atoms with Gasteiger partial charge in [-0.1, -0.05) is 12.8 Å². The first-order chi connectivity index (χ1) is 6.26. The third kappa shape index (κ3) is 1.23. The number of rotatable bonds is 2. The van der Waals surface area contributed by atoms with Gasteiger partial charge in [-0.25, -0.2) is 4.98 Å². The van der Waals surface area contributed by atoms with Gasteiger partial charge >= 0.3 is 5.97 Å². The van der Waals surface area contributed by atoms with E-state index in [9.17, 15) is 4.79 Å². The van der Waals surface area contributed by atoms with E-state index < -0.39 is 11.4 Å². The summed E-state index contributed by atoms with van der Waals surface area (Å²) >= 11 is 1.22. The Morgan fingerprint density at radius 1 is 1.54 bits per heavy atom. The summed E-state index contributed by atoms with van der Waals surface area (Å²) in [6.07, 6.45) is 3.29. The molecule has 1 aromatic heterocycles. The topological polar surface area (TPSA) is 63.1 Å². The molecule has 1 aliphatic rings. The molecule has 0 atom stereocenters. The van der Waals surface area contributed by atoms with Crippen molar-refractivity contribution in [1.29, 1.82) is 0 Å². The van der Waals surface area contributed by atoms with Crippen LogP contribution >= 0.6 is 11.5 Å². The van der Waals surface area contributed by atoms with Crippen LogP contribution in [-0.2, 0) is 10.2 Å². The van der Waals surface area contributed by atoms with E-state index in [2.05, 4.69) is 9.36 Å². The zero-order valence-corrected chi connectivity index (χ0v) is 7.88. The van der Waals surface area contributed by atoms with E-state index in [1.807, 2.05) is 0 Å². The van der Waals surface area contributed by atoms with Crippen molar-refractivity contribution < 1.29 is 9.90 Å². The molecule has 13 heavy (non-hydrogen) atoms. The maximum absolute atomic E-state index is 11.1. The molecular weight excluding hydrogens is 188 g/mol. The number of hydrogen-bond donors (Lipinski definition) is 1. The fourth-order valence-corrected chi connectivity index (χ4v) is 2.41. The lowest BCUT2D eigenvalue weighted by molar-refractivity contribution is -0.143. The van der Waals surface area contributed by atoms with E-state index >= 15 is 0 Å². The normalized spacial score (nSPS) is 20.3. The second-order valence-electron chi connectivity index (χ2n) is 3.35. The highest BCUT2D eigenvalue weighted by Gasteiger charge is 2.45. The molecule has 0 amide bonds. The lowest BCUT2D eigenvalue weighted by Gasteiger charge is -2.19. The van der Waals surface area contributed by atoms with Crippen LogP contribution in [0.2, 0.25) is 0 Å². The molecule has 1 saturated carbocycles. The summed E-state index contributed by atoms with van der Waals surface area (Å²) in [5.41, 5.74) is 0.818. The van der Waals surface area contributed by atoms with Crippen LogP contribution in [0.1, 0.15) is 31.5 Å². The van der Waals surface area contributed by atoms with E-state index in [1.165, 1.54) is 11.5 Å². The Bertz CT molecular complexity index is 304. The van der Waals surface area contributed by atoms with Crippen molar-refractivity contribution in [2.75, 3.05) is 0 Å². The van der Waals surface area contributed by atoms with E-state index in [-0.39, 0.29) is 0 Å². The number of hydrogen-bond acceptors (Lipinski definition) is 4. The first kappa shape index (κ1) is 8.62. The van der Waals surface area contributed by atoms with Crippen LogP contribution in [0.3, 0.4) is 0 Å². The Kier molecular flexibility index (Phi) is 2.03. The zero-order chi connectivity index (χ0) is 9.31. The minimum Gasteiger partial charge on any atom is -0.480 e. The van der Waals surface area contributed by atoms with Crippen molar-refractivity contribution in [3.63, 3.8) is 0 Å². The predicted molar refractivity (Wildman–Crippen MR) is 47.7 cm³/mol. The molecule has 5 heteroatoms. The number of carboxylic acid groups (broad SMARTS) is 1. The Hall–Kier alpha value is -0.970. The van der Waals surface area contributed by atoms with E-state index in [4.69, 9.17) is 5.11 Å². The van der Waals surface area contributed by atoms with Gasteiger partial charge in [-0.3, -0.25) is 4.79 Å². The molecule has 2 rings (SSSR count). The van der Waals surface area contributed by atoms with Gasteiger partial charge in [0.25, 0.3) is 0 Å². The molecule has 0 aromatic carbocycles. The summed E-state index contributed by atoms with van der Waals surface area (Å²) < 4.78 is 4.04. The Balaban J connectivity index is 2.39. The van der Waals surface area contributed by atoms with Crippen LogP contribution in [0.5, 0.6) is 0 Å². The lowest BCUT2D eigenvalue weighted by Crippen LogP contribution is -2.33. The summed E-state index contributed by atoms with van der Waals surface area (Å²) in [6, 6.07) is 0. The summed E-state index contributed by atoms with van der Waals surface area (Å²) in [6.45, 7) is 0. The summed E-state index contributed by atoms with van der Waals surface area (Å²) in [4.78, 5) is 15.2. The Labute approximate surface area is 79.8 Å². The van der Waals surface area contributed by atoms with Gasteiger partial charge in [0.2, 0.25) is 0 Å². The van der Waals surface area contributed by atoms with Crippen molar-refractivity contribution in [3.8, 4) is 0 Å². The molecule has 0 bridgehead atoms. The van der Waals surface area contributed by atoms with E-state index in [0.717, 1.165) is 12.8 Å². The number of carbonyl (C=O) groups is 1. The Morgan fingerprint density at radius 2 is 2.23 bits per heavy atom. The largest absolute Gasteiger partial charge is 0.480 e. The monoisotopic (exact) mass is 198 g/mol. The average molecular weight is 198 g/mol. The molecule has 1 N–H and O–H groups in total. The smallest absolute Gasteiger partial charge is 0.317 e. The Morgan fingerprint density at radius 3 is 2.69 bits per heavy atom. The van der Waals surface area contributed by atoms with Crippen LogP contribution < -0.4 is 0 Å². The van der Waals surface area contributed by atoms with Crippen molar-refractivity contribution >= 4 is 17.5 Å². The third-order valence-corrected chi connectivity index (χ3v) is 3.13. The zero-order valence-electron chi connectivity index (χ0n) is 7.06. The standard InChI is InChI=1S/C8H10N2O2S/c11-7(12)8(3-1-2-4-8)6-9-5-13-10-6/h5H,1-4H2,(H,11,12). The molecular formula is C8H10N2O2S. The number of aromatic nitrogens is 2. The third-order valence-electron chi connectivity index (χ3n) is 2.66. The van der Waals surface area contributed by atoms with Crippen LogP contribution in [-0.4, -0.2) is 20.4 Å². The highest BCUT2D eigenvalue weighted by Crippen LogP contribution is 2.39. The molecule has 0 spiro atoms. The van der Waals surface area contributed by atoms with Gasteiger partial charge in [0, 0.05) is 0 Å². The second-order valence-corrected chi connectivity index (χ2v) is 3.95. The van der Waals surface area contributed by atoms with E-state index in [1.54, 1.807) is 5.51 Å². The highest BCUT2D eigenvalue weighted by molar-refractivity contribution is 7.03. The first-order valence-corrected chi connectivity index (χ1v) is 5.10. The summed E-state index contributed by atoms with van der Waals surface area (Å²) in [5, 5.41) is 9.16. The molecule has 1 aliphatic carbocycles. The van der Waals surface area contributed by atoms with Crippen molar-refractivity contribution in [2.45, 2.75) is 31.1 Å². The molecule has 1 aromatic rings. The van der Waals surface area contributed by atoms with Gasteiger partial charge in [0.05, 0.1) is 0 Å². The van der Waals surface area contributed by atoms with Gasteiger partial charge in [-0.05, 0) is 24.4 Å². The van der Waals surface area contributed by atoms with Gasteiger partial charge in [0.1, 0.15) is 10.9 Å². The summed E-state index contributed by atoms with van der Waals surface area (Å²) in [7, 11) is 0. The van der Waals surface area contributed by atoms with Crippen LogP contribution in [0.25, 0.3) is 0 Å². The maximum Gasteiger partial charge on any atom is 0.317 e. The predicted octanol–water partition coefficient (Wildman–Crippen LogP) is 1.43. The van der Waals surface area contributed by atoms with E-state index in [0.29, 0.717) is 18.7 Å². The second kappa shape index (κ2) is 3.06. The van der Waals surface area contributed by atoms with Gasteiger partial charge < -0.3 is 5.11 Å². The number of carboxylic acids is 1. The fourth-order valence-electron chi connectivity index (χ4n) is 1.89. The first-order valence-electron chi connectivity index (χ1n) is 4.26. The van der Waals surface area contributed by atoms with Gasteiger partial charge in [-0.15, -0.1) is 0 Å². The molecule has 0 saturated heterocycles. The van der Waals surface area contributed by atoms with Crippen LogP contribution in [0, 0.1) is 0 Å². The molecule has 1 heterocycles. The van der Waals surface area contributed by atoms with Crippen molar-refractivity contribution in [1.82, 2.24) is 9.36 Å². The van der Waals surface area contributed by atoms with Gasteiger partial charge in [-0.2, -0.15) is 4.37 Å². The molecule has 0 unspecified atom stereocenters. The molecule has 0 aliphatic heterocycles. The molecule has 70 valence electrons. The number of nitrogens with zero attached hydrogens (tertiary/aromatic N) is 2.